The second-order valence-corrected chi connectivity index (χ2v) is 4.94. The van der Waals surface area contributed by atoms with Gasteiger partial charge in [0.1, 0.15) is 0 Å². The largest absolute Gasteiger partial charge is 0.414 e. The molecule has 1 amide bonds. The van der Waals surface area contributed by atoms with Gasteiger partial charge in [-0.25, -0.2) is 0 Å². The van der Waals surface area contributed by atoms with Gasteiger partial charge in [-0.05, 0) is 24.3 Å². The molecule has 3 N–H and O–H groups in total. The number of nitrogens with zero attached hydrogens (tertiary/aromatic N) is 2. The van der Waals surface area contributed by atoms with Crippen molar-refractivity contribution >= 4 is 35.0 Å². The van der Waals surface area contributed by atoms with Gasteiger partial charge < -0.3 is 15.5 Å². The lowest BCUT2D eigenvalue weighted by Gasteiger charge is -2.02. The number of primary amides is 1. The lowest BCUT2D eigenvalue weighted by atomic mass is 10.3. The van der Waals surface area contributed by atoms with E-state index in [1.165, 1.54) is 0 Å². The molecule has 0 saturated carbocycles. The standard InChI is InChI=1S/C11H11ClN4O2S/c12-7-1-3-8(4-2-7)14-5-10-15-16-11(18-10)19-6-9(13)17/h1-4,14H,5-6H2,(H2,13,17). The molecule has 0 atom stereocenters. The summed E-state index contributed by atoms with van der Waals surface area (Å²) in [7, 11) is 0. The molecule has 6 nitrogen and oxygen atoms in total. The van der Waals surface area contributed by atoms with Crippen molar-refractivity contribution in [3.05, 3.63) is 35.2 Å². The first-order valence-electron chi connectivity index (χ1n) is 5.36. The van der Waals surface area contributed by atoms with Gasteiger partial charge in [-0.1, -0.05) is 23.4 Å². The van der Waals surface area contributed by atoms with Crippen LogP contribution in [0.2, 0.25) is 5.02 Å². The smallest absolute Gasteiger partial charge is 0.277 e. The lowest BCUT2D eigenvalue weighted by Crippen LogP contribution is -2.12. The van der Waals surface area contributed by atoms with E-state index >= 15 is 0 Å². The van der Waals surface area contributed by atoms with Gasteiger partial charge in [0.15, 0.2) is 0 Å². The van der Waals surface area contributed by atoms with Crippen LogP contribution in [0.5, 0.6) is 0 Å². The van der Waals surface area contributed by atoms with Crippen molar-refractivity contribution in [1.82, 2.24) is 10.2 Å². The Morgan fingerprint density at radius 1 is 1.37 bits per heavy atom. The Balaban J connectivity index is 1.86. The predicted molar refractivity (Wildman–Crippen MR) is 73.0 cm³/mol. The van der Waals surface area contributed by atoms with Crippen LogP contribution < -0.4 is 11.1 Å². The fraction of sp³-hybridized carbons (Fsp3) is 0.182. The second-order valence-electron chi connectivity index (χ2n) is 3.58. The van der Waals surface area contributed by atoms with Crippen molar-refractivity contribution in [2.75, 3.05) is 11.1 Å². The van der Waals surface area contributed by atoms with Crippen molar-refractivity contribution in [3.63, 3.8) is 0 Å². The first kappa shape index (κ1) is 13.7. The lowest BCUT2D eigenvalue weighted by molar-refractivity contribution is -0.115. The normalized spacial score (nSPS) is 10.4. The van der Waals surface area contributed by atoms with E-state index in [0.29, 0.717) is 22.7 Å². The molecule has 0 unspecified atom stereocenters. The van der Waals surface area contributed by atoms with Crippen LogP contribution >= 0.6 is 23.4 Å². The molecule has 2 rings (SSSR count). The molecule has 1 aromatic heterocycles. The van der Waals surface area contributed by atoms with E-state index in [4.69, 9.17) is 21.8 Å². The van der Waals surface area contributed by atoms with E-state index in [1.54, 1.807) is 12.1 Å². The maximum Gasteiger partial charge on any atom is 0.277 e. The number of rotatable bonds is 6. The average molecular weight is 299 g/mol. The van der Waals surface area contributed by atoms with E-state index < -0.39 is 5.91 Å². The number of anilines is 1. The number of hydrogen-bond acceptors (Lipinski definition) is 6. The van der Waals surface area contributed by atoms with E-state index in [1.807, 2.05) is 12.1 Å². The molecule has 0 aliphatic rings. The third kappa shape index (κ3) is 4.46. The number of halogens is 1. The van der Waals surface area contributed by atoms with Crippen LogP contribution in [0.3, 0.4) is 0 Å². The summed E-state index contributed by atoms with van der Waals surface area (Å²) < 4.78 is 5.32. The summed E-state index contributed by atoms with van der Waals surface area (Å²) in [5.41, 5.74) is 5.92. The monoisotopic (exact) mass is 298 g/mol. The minimum absolute atomic E-state index is 0.117. The second kappa shape index (κ2) is 6.44. The highest BCUT2D eigenvalue weighted by Gasteiger charge is 2.07. The molecule has 0 spiro atoms. The molecular formula is C11H11ClN4O2S. The van der Waals surface area contributed by atoms with E-state index in [0.717, 1.165) is 17.4 Å². The summed E-state index contributed by atoms with van der Waals surface area (Å²) in [5, 5.41) is 11.8. The Kier molecular flexibility index (Phi) is 4.64. The number of nitrogens with two attached hydrogens (primary N) is 1. The molecule has 1 aromatic carbocycles. The van der Waals surface area contributed by atoms with Gasteiger partial charge in [0.2, 0.25) is 11.8 Å². The zero-order valence-electron chi connectivity index (χ0n) is 9.80. The van der Waals surface area contributed by atoms with Gasteiger partial charge in [0, 0.05) is 10.7 Å². The Labute approximate surface area is 118 Å². The van der Waals surface area contributed by atoms with E-state index in [-0.39, 0.29) is 5.75 Å². The van der Waals surface area contributed by atoms with Gasteiger partial charge >= 0.3 is 0 Å². The minimum Gasteiger partial charge on any atom is -0.414 e. The number of carbonyl (C=O) groups is 1. The van der Waals surface area contributed by atoms with E-state index in [2.05, 4.69) is 15.5 Å². The Hall–Kier alpha value is -1.73. The van der Waals surface area contributed by atoms with Crippen molar-refractivity contribution < 1.29 is 9.21 Å². The fourth-order valence-electron chi connectivity index (χ4n) is 1.25. The van der Waals surface area contributed by atoms with Crippen LogP contribution in [0.15, 0.2) is 33.9 Å². The van der Waals surface area contributed by atoms with Gasteiger partial charge in [-0.3, -0.25) is 4.79 Å². The van der Waals surface area contributed by atoms with Crippen LogP contribution in [0.1, 0.15) is 5.89 Å². The third-order valence-corrected chi connectivity index (χ3v) is 3.17. The molecule has 1 heterocycles. The number of aromatic nitrogens is 2. The summed E-state index contributed by atoms with van der Waals surface area (Å²) in [4.78, 5) is 10.6. The zero-order valence-corrected chi connectivity index (χ0v) is 11.4. The molecule has 100 valence electrons. The highest BCUT2D eigenvalue weighted by atomic mass is 35.5. The van der Waals surface area contributed by atoms with Crippen LogP contribution in [-0.4, -0.2) is 21.9 Å². The summed E-state index contributed by atoms with van der Waals surface area (Å²) >= 11 is 6.90. The average Bonchev–Trinajstić information content (AvgIpc) is 2.84. The van der Waals surface area contributed by atoms with Gasteiger partial charge in [-0.2, -0.15) is 0 Å². The summed E-state index contributed by atoms with van der Waals surface area (Å²) in [6.07, 6.45) is 0. The molecule has 0 aliphatic carbocycles. The maximum absolute atomic E-state index is 10.6. The Morgan fingerprint density at radius 2 is 2.11 bits per heavy atom. The highest BCUT2D eigenvalue weighted by molar-refractivity contribution is 7.99. The third-order valence-electron chi connectivity index (χ3n) is 2.07. The van der Waals surface area contributed by atoms with Crippen LogP contribution in [0.4, 0.5) is 5.69 Å². The number of hydrogen-bond donors (Lipinski definition) is 2. The van der Waals surface area contributed by atoms with Gasteiger partial charge in [-0.15, -0.1) is 10.2 Å². The molecule has 19 heavy (non-hydrogen) atoms. The molecular weight excluding hydrogens is 288 g/mol. The molecule has 0 fully saturated rings. The summed E-state index contributed by atoms with van der Waals surface area (Å²) in [6.45, 7) is 0.395. The molecule has 0 aliphatic heterocycles. The molecule has 2 aromatic rings. The number of amides is 1. The number of benzene rings is 1. The van der Waals surface area contributed by atoms with Gasteiger partial charge in [0.25, 0.3) is 5.22 Å². The van der Waals surface area contributed by atoms with Crippen LogP contribution in [0.25, 0.3) is 0 Å². The predicted octanol–water partition coefficient (Wildman–Crippen LogP) is 1.91. The van der Waals surface area contributed by atoms with Crippen LogP contribution in [-0.2, 0) is 11.3 Å². The Bertz CT molecular complexity index is 558. The molecule has 0 bridgehead atoms. The van der Waals surface area contributed by atoms with Gasteiger partial charge in [0.05, 0.1) is 12.3 Å². The molecule has 0 radical (unpaired) electrons. The van der Waals surface area contributed by atoms with Crippen molar-refractivity contribution in [2.24, 2.45) is 5.73 Å². The minimum atomic E-state index is -0.427. The number of carbonyl (C=O) groups excluding carboxylic acids is 1. The van der Waals surface area contributed by atoms with Crippen LogP contribution in [0, 0.1) is 0 Å². The number of nitrogens with one attached hydrogen (secondary N) is 1. The highest BCUT2D eigenvalue weighted by Crippen LogP contribution is 2.17. The molecule has 0 saturated heterocycles. The zero-order chi connectivity index (χ0) is 13.7. The first-order chi connectivity index (χ1) is 9.13. The SMILES string of the molecule is NC(=O)CSc1nnc(CNc2ccc(Cl)cc2)o1. The van der Waals surface area contributed by atoms with Crippen molar-refractivity contribution in [1.29, 1.82) is 0 Å². The number of thioether (sulfide) groups is 1. The summed E-state index contributed by atoms with van der Waals surface area (Å²) in [6, 6.07) is 7.26. The molecule has 8 heteroatoms. The van der Waals surface area contributed by atoms with Crippen molar-refractivity contribution in [2.45, 2.75) is 11.8 Å². The van der Waals surface area contributed by atoms with Crippen molar-refractivity contribution in [3.8, 4) is 0 Å². The fourth-order valence-corrected chi connectivity index (χ4v) is 1.89. The first-order valence-corrected chi connectivity index (χ1v) is 6.73. The topological polar surface area (TPSA) is 94.0 Å². The van der Waals surface area contributed by atoms with E-state index in [9.17, 15) is 4.79 Å². The maximum atomic E-state index is 10.6. The Morgan fingerprint density at radius 3 is 2.79 bits per heavy atom. The summed E-state index contributed by atoms with van der Waals surface area (Å²) in [5.74, 6) is 0.123. The quantitative estimate of drug-likeness (QED) is 0.791.